The first kappa shape index (κ1) is 17.2. The zero-order valence-electron chi connectivity index (χ0n) is 13.1. The zero-order chi connectivity index (χ0) is 15.4. The van der Waals surface area contributed by atoms with Crippen LogP contribution in [0, 0.1) is 5.41 Å². The molecule has 1 aliphatic rings. The van der Waals surface area contributed by atoms with Crippen LogP contribution in [0.4, 0.5) is 0 Å². The van der Waals surface area contributed by atoms with Gasteiger partial charge >= 0.3 is 0 Å². The Morgan fingerprint density at radius 1 is 1.35 bits per heavy atom. The molecule has 1 rings (SSSR count). The van der Waals surface area contributed by atoms with Gasteiger partial charge in [-0.3, -0.25) is 4.99 Å². The Labute approximate surface area is 122 Å². The minimum atomic E-state index is -2.93. The molecule has 0 aromatic carbocycles. The number of nitrogens with one attached hydrogen (secondary N) is 2. The lowest BCUT2D eigenvalue weighted by molar-refractivity contribution is 0.0268. The molecule has 1 saturated carbocycles. The Hall–Kier alpha value is -0.820. The van der Waals surface area contributed by atoms with E-state index in [1.807, 2.05) is 13.8 Å². The van der Waals surface area contributed by atoms with Crippen LogP contribution in [0.25, 0.3) is 0 Å². The Morgan fingerprint density at radius 3 is 2.35 bits per heavy atom. The fraction of sp³-hybridized carbons (Fsp3) is 0.923. The molecule has 0 aromatic rings. The summed E-state index contributed by atoms with van der Waals surface area (Å²) in [5.41, 5.74) is -0.385. The molecule has 0 radical (unpaired) electrons. The average molecular weight is 305 g/mol. The highest BCUT2D eigenvalue weighted by molar-refractivity contribution is 7.90. The van der Waals surface area contributed by atoms with E-state index >= 15 is 0 Å². The van der Waals surface area contributed by atoms with Crippen LogP contribution in [0.3, 0.4) is 0 Å². The Bertz CT molecular complexity index is 453. The summed E-state index contributed by atoms with van der Waals surface area (Å²) in [5.74, 6) is 0.919. The molecule has 1 aliphatic carbocycles. The largest absolute Gasteiger partial charge is 0.377 e. The monoisotopic (exact) mass is 305 g/mol. The molecular weight excluding hydrogens is 278 g/mol. The highest BCUT2D eigenvalue weighted by atomic mass is 32.2. The lowest BCUT2D eigenvalue weighted by Gasteiger charge is -2.25. The second-order valence-corrected chi connectivity index (χ2v) is 8.45. The summed E-state index contributed by atoms with van der Waals surface area (Å²) in [7, 11) is 0.436. The third kappa shape index (κ3) is 6.09. The van der Waals surface area contributed by atoms with E-state index in [-0.39, 0.29) is 16.8 Å². The summed E-state index contributed by atoms with van der Waals surface area (Å²) in [4.78, 5) is 4.14. The van der Waals surface area contributed by atoms with Gasteiger partial charge in [-0.1, -0.05) is 0 Å². The summed E-state index contributed by atoms with van der Waals surface area (Å²) in [6.07, 6.45) is 3.20. The standard InChI is InChI=1S/C13H27N3O3S/c1-12(2,19-4)8-15-11(14-3)16-9-13(6-7-13)10-20(5,17)18/h6-10H2,1-5H3,(H2,14,15,16). The number of sulfone groups is 1. The minimum absolute atomic E-state index is 0.109. The maximum absolute atomic E-state index is 11.4. The Morgan fingerprint density at radius 2 is 1.95 bits per heavy atom. The van der Waals surface area contributed by atoms with E-state index < -0.39 is 9.84 Å². The van der Waals surface area contributed by atoms with E-state index in [0.717, 1.165) is 12.8 Å². The zero-order valence-corrected chi connectivity index (χ0v) is 13.9. The fourth-order valence-electron chi connectivity index (χ4n) is 1.97. The van der Waals surface area contributed by atoms with Gasteiger partial charge in [0.2, 0.25) is 0 Å². The second-order valence-electron chi connectivity index (χ2n) is 6.31. The van der Waals surface area contributed by atoms with E-state index in [4.69, 9.17) is 4.74 Å². The molecule has 0 aliphatic heterocycles. The molecule has 6 nitrogen and oxygen atoms in total. The number of ether oxygens (including phenoxy) is 1. The smallest absolute Gasteiger partial charge is 0.191 e. The molecule has 0 bridgehead atoms. The van der Waals surface area contributed by atoms with Crippen molar-refractivity contribution in [2.45, 2.75) is 32.3 Å². The first-order chi connectivity index (χ1) is 9.11. The highest BCUT2D eigenvalue weighted by Crippen LogP contribution is 2.45. The van der Waals surface area contributed by atoms with Crippen LogP contribution in [0.1, 0.15) is 26.7 Å². The van der Waals surface area contributed by atoms with E-state index in [1.165, 1.54) is 6.26 Å². The summed E-state index contributed by atoms with van der Waals surface area (Å²) < 4.78 is 28.1. The first-order valence-electron chi connectivity index (χ1n) is 6.79. The number of aliphatic imine (C=N–C) groups is 1. The van der Waals surface area contributed by atoms with Crippen molar-refractivity contribution in [3.63, 3.8) is 0 Å². The molecule has 0 atom stereocenters. The lowest BCUT2D eigenvalue weighted by atomic mass is 10.1. The molecular formula is C13H27N3O3S. The molecule has 7 heteroatoms. The minimum Gasteiger partial charge on any atom is -0.377 e. The van der Waals surface area contributed by atoms with E-state index in [1.54, 1.807) is 14.2 Å². The van der Waals surface area contributed by atoms with Crippen LogP contribution in [-0.4, -0.2) is 59.2 Å². The third-order valence-corrected chi connectivity index (χ3v) is 4.75. The highest BCUT2D eigenvalue weighted by Gasteiger charge is 2.45. The lowest BCUT2D eigenvalue weighted by Crippen LogP contribution is -2.47. The molecule has 0 unspecified atom stereocenters. The van der Waals surface area contributed by atoms with Crippen molar-refractivity contribution >= 4 is 15.8 Å². The summed E-state index contributed by atoms with van der Waals surface area (Å²) in [6.45, 7) is 5.23. The van der Waals surface area contributed by atoms with Crippen molar-refractivity contribution < 1.29 is 13.2 Å². The summed E-state index contributed by atoms with van der Waals surface area (Å²) in [5, 5.41) is 6.40. The maximum atomic E-state index is 11.4. The van der Waals surface area contributed by atoms with Gasteiger partial charge in [0.05, 0.1) is 11.4 Å². The van der Waals surface area contributed by atoms with Gasteiger partial charge in [-0.25, -0.2) is 8.42 Å². The van der Waals surface area contributed by atoms with Crippen molar-refractivity contribution in [1.82, 2.24) is 10.6 Å². The molecule has 20 heavy (non-hydrogen) atoms. The molecule has 0 amide bonds. The quantitative estimate of drug-likeness (QED) is 0.526. The molecule has 118 valence electrons. The van der Waals surface area contributed by atoms with Crippen LogP contribution in [0.5, 0.6) is 0 Å². The third-order valence-electron chi connectivity index (χ3n) is 3.61. The van der Waals surface area contributed by atoms with Gasteiger partial charge in [0.1, 0.15) is 9.84 Å². The van der Waals surface area contributed by atoms with E-state index in [2.05, 4.69) is 15.6 Å². The van der Waals surface area contributed by atoms with Gasteiger partial charge in [0.25, 0.3) is 0 Å². The van der Waals surface area contributed by atoms with Crippen LogP contribution in [0.2, 0.25) is 0 Å². The molecule has 1 fully saturated rings. The van der Waals surface area contributed by atoms with Crippen molar-refractivity contribution in [2.75, 3.05) is 39.3 Å². The first-order valence-corrected chi connectivity index (χ1v) is 8.85. The summed E-state index contributed by atoms with van der Waals surface area (Å²) >= 11 is 0. The summed E-state index contributed by atoms with van der Waals surface area (Å²) in [6, 6.07) is 0. The van der Waals surface area contributed by atoms with E-state index in [0.29, 0.717) is 19.0 Å². The molecule has 0 saturated heterocycles. The molecule has 0 aromatic heterocycles. The van der Waals surface area contributed by atoms with Crippen LogP contribution in [-0.2, 0) is 14.6 Å². The van der Waals surface area contributed by atoms with Gasteiger partial charge in [0, 0.05) is 38.9 Å². The van der Waals surface area contributed by atoms with Crippen LogP contribution >= 0.6 is 0 Å². The Balaban J connectivity index is 2.43. The van der Waals surface area contributed by atoms with Gasteiger partial charge in [-0.2, -0.15) is 0 Å². The van der Waals surface area contributed by atoms with E-state index in [9.17, 15) is 8.42 Å². The number of hydrogen-bond donors (Lipinski definition) is 2. The van der Waals surface area contributed by atoms with Gasteiger partial charge < -0.3 is 15.4 Å². The van der Waals surface area contributed by atoms with Crippen molar-refractivity contribution in [3.8, 4) is 0 Å². The van der Waals surface area contributed by atoms with Crippen molar-refractivity contribution in [2.24, 2.45) is 10.4 Å². The van der Waals surface area contributed by atoms with Crippen LogP contribution < -0.4 is 10.6 Å². The number of methoxy groups -OCH3 is 1. The normalized spacial score (nSPS) is 18.8. The predicted molar refractivity (Wildman–Crippen MR) is 81.8 cm³/mol. The second kappa shape index (κ2) is 6.30. The SMILES string of the molecule is CN=C(NCC1(CS(C)(=O)=O)CC1)NCC(C)(C)OC. The number of hydrogen-bond acceptors (Lipinski definition) is 4. The number of nitrogens with zero attached hydrogens (tertiary/aromatic N) is 1. The topological polar surface area (TPSA) is 79.8 Å². The maximum Gasteiger partial charge on any atom is 0.191 e. The van der Waals surface area contributed by atoms with Crippen molar-refractivity contribution in [3.05, 3.63) is 0 Å². The predicted octanol–water partition coefficient (Wildman–Crippen LogP) is 0.401. The number of guanidine groups is 1. The van der Waals surface area contributed by atoms with Gasteiger partial charge in [-0.15, -0.1) is 0 Å². The molecule has 0 heterocycles. The molecule has 0 spiro atoms. The fourth-order valence-corrected chi connectivity index (χ4v) is 3.47. The van der Waals surface area contributed by atoms with Gasteiger partial charge in [0.15, 0.2) is 5.96 Å². The average Bonchev–Trinajstić information content (AvgIpc) is 3.07. The van der Waals surface area contributed by atoms with Crippen molar-refractivity contribution in [1.29, 1.82) is 0 Å². The van der Waals surface area contributed by atoms with Crippen LogP contribution in [0.15, 0.2) is 4.99 Å². The Kier molecular flexibility index (Phi) is 5.43. The van der Waals surface area contributed by atoms with Gasteiger partial charge in [-0.05, 0) is 26.7 Å². The number of rotatable bonds is 7. The molecule has 2 N–H and O–H groups in total.